The second-order valence-electron chi connectivity index (χ2n) is 10.9. The van der Waals surface area contributed by atoms with Gasteiger partial charge in [0.1, 0.15) is 0 Å². The van der Waals surface area contributed by atoms with E-state index in [2.05, 4.69) is 39.7 Å². The van der Waals surface area contributed by atoms with Gasteiger partial charge in [0.2, 0.25) is 10.0 Å². The zero-order valence-electron chi connectivity index (χ0n) is 22.5. The Morgan fingerprint density at radius 3 is 2.41 bits per heavy atom. The molecule has 1 aromatic carbocycles. The van der Waals surface area contributed by atoms with Crippen LogP contribution in [0.4, 0.5) is 0 Å². The summed E-state index contributed by atoms with van der Waals surface area (Å²) in [5.74, 6) is 1.92. The van der Waals surface area contributed by atoms with Gasteiger partial charge in [0, 0.05) is 17.4 Å². The molecule has 2 aliphatic rings. The van der Waals surface area contributed by atoms with Crippen LogP contribution in [0.1, 0.15) is 96.8 Å². The summed E-state index contributed by atoms with van der Waals surface area (Å²) in [6.45, 7) is 3.27. The first-order valence-corrected chi connectivity index (χ1v) is 16.8. The Labute approximate surface area is 233 Å². The van der Waals surface area contributed by atoms with Crippen molar-refractivity contribution in [3.63, 3.8) is 0 Å². The van der Waals surface area contributed by atoms with Crippen LogP contribution in [0, 0.1) is 23.7 Å². The molecule has 37 heavy (non-hydrogen) atoms. The zero-order valence-corrected chi connectivity index (χ0v) is 24.9. The largest absolute Gasteiger partial charge is 0.466 e. The molecule has 0 heterocycles. The third-order valence-corrected chi connectivity index (χ3v) is 10.1. The summed E-state index contributed by atoms with van der Waals surface area (Å²) in [7, 11) is -3.51. The maximum atomic E-state index is 12.8. The Hall–Kier alpha value is -1.18. The van der Waals surface area contributed by atoms with Gasteiger partial charge in [-0.25, -0.2) is 13.1 Å². The minimum atomic E-state index is -3.51. The maximum absolute atomic E-state index is 12.8. The molecule has 208 valence electrons. The average Bonchev–Trinajstić information content (AvgIpc) is 3.48. The van der Waals surface area contributed by atoms with E-state index in [1.165, 1.54) is 57.8 Å². The minimum Gasteiger partial charge on any atom is -0.466 e. The number of esters is 1. The lowest BCUT2D eigenvalue weighted by Gasteiger charge is -2.29. The lowest BCUT2D eigenvalue weighted by atomic mass is 9.79. The van der Waals surface area contributed by atoms with Crippen LogP contribution >= 0.6 is 15.9 Å². The van der Waals surface area contributed by atoms with Gasteiger partial charge in [-0.15, -0.1) is 0 Å². The summed E-state index contributed by atoms with van der Waals surface area (Å²) in [4.78, 5) is 12.3. The van der Waals surface area contributed by atoms with Gasteiger partial charge >= 0.3 is 5.97 Å². The van der Waals surface area contributed by atoms with Crippen molar-refractivity contribution < 1.29 is 17.9 Å². The second-order valence-corrected chi connectivity index (χ2v) is 13.6. The van der Waals surface area contributed by atoms with Crippen LogP contribution in [-0.4, -0.2) is 27.5 Å². The van der Waals surface area contributed by atoms with Gasteiger partial charge in [-0.05, 0) is 86.5 Å². The molecule has 5 nitrogen and oxygen atoms in total. The van der Waals surface area contributed by atoms with E-state index in [1.807, 2.05) is 0 Å². The van der Waals surface area contributed by atoms with E-state index in [0.29, 0.717) is 48.1 Å². The molecule has 0 spiro atoms. The van der Waals surface area contributed by atoms with E-state index in [9.17, 15) is 13.2 Å². The number of rotatable bonds is 18. The van der Waals surface area contributed by atoms with E-state index in [4.69, 9.17) is 4.74 Å². The van der Waals surface area contributed by atoms with E-state index in [0.717, 1.165) is 30.2 Å². The molecule has 1 aromatic rings. The predicted octanol–water partition coefficient (Wildman–Crippen LogP) is 7.80. The topological polar surface area (TPSA) is 72.5 Å². The van der Waals surface area contributed by atoms with Crippen LogP contribution < -0.4 is 4.72 Å². The van der Waals surface area contributed by atoms with Crippen molar-refractivity contribution in [3.05, 3.63) is 40.9 Å². The van der Waals surface area contributed by atoms with Crippen molar-refractivity contribution in [2.24, 2.45) is 23.7 Å². The summed E-state index contributed by atoms with van der Waals surface area (Å²) >= 11 is 3.36. The molecule has 7 heteroatoms. The molecule has 2 saturated carbocycles. The number of hydrogen-bond acceptors (Lipinski definition) is 4. The standard InChI is InChI=1S/C30H46BrNO4S/c1-2-3-4-5-6-7-8-12-21-36-30(33)14-11-9-10-13-28-24-15-16-25(22-24)29(28)23-32-37(34,35)27-19-17-26(31)18-20-27/h10,13,17-20,24-25,28-29,32H,2-9,11-12,14-16,21-23H2,1H3. The summed E-state index contributed by atoms with van der Waals surface area (Å²) in [6.07, 6.45) is 20.2. The van der Waals surface area contributed by atoms with Crippen LogP contribution in [0.3, 0.4) is 0 Å². The quantitative estimate of drug-likeness (QED) is 0.107. The van der Waals surface area contributed by atoms with Crippen LogP contribution in [0.5, 0.6) is 0 Å². The lowest BCUT2D eigenvalue weighted by Crippen LogP contribution is -2.35. The van der Waals surface area contributed by atoms with Gasteiger partial charge in [0.15, 0.2) is 0 Å². The highest BCUT2D eigenvalue weighted by Gasteiger charge is 2.46. The molecule has 0 aromatic heterocycles. The number of ether oxygens (including phenoxy) is 1. The SMILES string of the molecule is CCCCCCCCCCOC(=O)CCCC=CC1C2CCC(C2)C1CNS(=O)(=O)c1ccc(Br)cc1. The molecule has 0 radical (unpaired) electrons. The van der Waals surface area contributed by atoms with E-state index in [1.54, 1.807) is 24.3 Å². The molecule has 0 saturated heterocycles. The molecule has 0 aliphatic heterocycles. The molecule has 4 atom stereocenters. The smallest absolute Gasteiger partial charge is 0.305 e. The van der Waals surface area contributed by atoms with Gasteiger partial charge in [-0.1, -0.05) is 80.0 Å². The normalized spacial score (nSPS) is 23.2. The van der Waals surface area contributed by atoms with Gasteiger partial charge in [-0.3, -0.25) is 4.79 Å². The van der Waals surface area contributed by atoms with Crippen molar-refractivity contribution in [2.75, 3.05) is 13.2 Å². The van der Waals surface area contributed by atoms with Gasteiger partial charge in [0.25, 0.3) is 0 Å². The fraction of sp³-hybridized carbons (Fsp3) is 0.700. The maximum Gasteiger partial charge on any atom is 0.305 e. The average molecular weight is 597 g/mol. The first-order valence-electron chi connectivity index (χ1n) is 14.5. The fourth-order valence-electron chi connectivity index (χ4n) is 6.07. The highest BCUT2D eigenvalue weighted by molar-refractivity contribution is 9.10. The number of halogens is 1. The fourth-order valence-corrected chi connectivity index (χ4v) is 7.41. The zero-order chi connectivity index (χ0) is 26.5. The Morgan fingerprint density at radius 1 is 1.00 bits per heavy atom. The Morgan fingerprint density at radius 2 is 1.68 bits per heavy atom. The van der Waals surface area contributed by atoms with Gasteiger partial charge in [-0.2, -0.15) is 0 Å². The number of nitrogens with one attached hydrogen (secondary N) is 1. The Kier molecular flexibility index (Phi) is 13.2. The summed E-state index contributed by atoms with van der Waals surface area (Å²) < 4.78 is 34.7. The monoisotopic (exact) mass is 595 g/mol. The summed E-state index contributed by atoms with van der Waals surface area (Å²) in [6, 6.07) is 6.77. The Balaban J connectivity index is 1.31. The molecule has 2 fully saturated rings. The first kappa shape index (κ1) is 30.4. The van der Waals surface area contributed by atoms with Crippen molar-refractivity contribution in [1.82, 2.24) is 4.72 Å². The number of fused-ring (bicyclic) bond motifs is 2. The molecule has 1 N–H and O–H groups in total. The molecular formula is C30H46BrNO4S. The van der Waals surface area contributed by atoms with Crippen LogP contribution in [0.25, 0.3) is 0 Å². The van der Waals surface area contributed by atoms with Crippen LogP contribution in [-0.2, 0) is 19.6 Å². The lowest BCUT2D eigenvalue weighted by molar-refractivity contribution is -0.143. The highest BCUT2D eigenvalue weighted by atomic mass is 79.9. The molecule has 2 aliphatic carbocycles. The number of allylic oxidation sites excluding steroid dienone is 2. The number of carbonyl (C=O) groups excluding carboxylic acids is 1. The summed E-state index contributed by atoms with van der Waals surface area (Å²) in [5, 5.41) is 0. The number of carbonyl (C=O) groups is 1. The predicted molar refractivity (Wildman–Crippen MR) is 154 cm³/mol. The van der Waals surface area contributed by atoms with E-state index in [-0.39, 0.29) is 5.97 Å². The number of benzene rings is 1. The van der Waals surface area contributed by atoms with Crippen molar-refractivity contribution in [1.29, 1.82) is 0 Å². The van der Waals surface area contributed by atoms with Gasteiger partial charge in [0.05, 0.1) is 11.5 Å². The molecule has 3 rings (SSSR count). The molecule has 0 amide bonds. The van der Waals surface area contributed by atoms with E-state index >= 15 is 0 Å². The van der Waals surface area contributed by atoms with E-state index < -0.39 is 10.0 Å². The first-order chi connectivity index (χ1) is 17.9. The second kappa shape index (κ2) is 16.0. The third kappa shape index (κ3) is 10.1. The van der Waals surface area contributed by atoms with Crippen molar-refractivity contribution >= 4 is 31.9 Å². The molecule has 2 bridgehead atoms. The van der Waals surface area contributed by atoms with Crippen molar-refractivity contribution in [2.45, 2.75) is 102 Å². The number of unbranched alkanes of at least 4 members (excludes halogenated alkanes) is 8. The van der Waals surface area contributed by atoms with Crippen LogP contribution in [0.2, 0.25) is 0 Å². The van der Waals surface area contributed by atoms with Gasteiger partial charge < -0.3 is 4.74 Å². The molecular weight excluding hydrogens is 550 g/mol. The molecule has 4 unspecified atom stereocenters. The Bertz CT molecular complexity index is 947. The van der Waals surface area contributed by atoms with Crippen LogP contribution in [0.15, 0.2) is 45.8 Å². The third-order valence-electron chi connectivity index (χ3n) is 8.16. The minimum absolute atomic E-state index is 0.0866. The highest BCUT2D eigenvalue weighted by Crippen LogP contribution is 2.52. The number of sulfonamides is 1. The van der Waals surface area contributed by atoms with Crippen molar-refractivity contribution in [3.8, 4) is 0 Å². The number of hydrogen-bond donors (Lipinski definition) is 1. The summed E-state index contributed by atoms with van der Waals surface area (Å²) in [5.41, 5.74) is 0.